The summed E-state index contributed by atoms with van der Waals surface area (Å²) in [6.07, 6.45) is 0. The number of hydrogen-bond acceptors (Lipinski definition) is 3. The van der Waals surface area contributed by atoms with Crippen LogP contribution in [-0.2, 0) is 0 Å². The zero-order chi connectivity index (χ0) is 93.6. The molecule has 9 aromatic heterocycles. The summed E-state index contributed by atoms with van der Waals surface area (Å²) in [5.41, 5.74) is 29.1. The second kappa shape index (κ2) is 32.3. The molecule has 666 valence electrons. The van der Waals surface area contributed by atoms with Crippen LogP contribution < -0.4 is 0 Å². The van der Waals surface area contributed by atoms with Crippen molar-refractivity contribution in [3.8, 4) is 67.5 Å². The predicted molar refractivity (Wildman–Crippen MR) is 615 cm³/mol. The smallest absolute Gasteiger partial charge is 0.0634 e. The minimum Gasteiger partial charge on any atom is -0.309 e. The van der Waals surface area contributed by atoms with Crippen molar-refractivity contribution >= 4 is 247 Å². The fourth-order valence-electron chi connectivity index (χ4n) is 23.5. The van der Waals surface area contributed by atoms with E-state index in [1.54, 1.807) is 0 Å². The Morgan fingerprint density at radius 3 is 0.776 bits per heavy atom. The molecule has 0 radical (unpaired) electrons. The summed E-state index contributed by atoms with van der Waals surface area (Å²) in [6.45, 7) is 0. The van der Waals surface area contributed by atoms with Gasteiger partial charge in [0, 0.05) is 159 Å². The lowest BCUT2D eigenvalue weighted by Gasteiger charge is -2.12. The van der Waals surface area contributed by atoms with Crippen LogP contribution in [0.2, 0.25) is 0 Å². The van der Waals surface area contributed by atoms with Crippen LogP contribution in [0.25, 0.3) is 280 Å². The fourth-order valence-corrected chi connectivity index (χ4v) is 26.8. The van der Waals surface area contributed by atoms with Crippen molar-refractivity contribution in [3.63, 3.8) is 0 Å². The zero-order valence-corrected chi connectivity index (χ0v) is 79.7. The fraction of sp³-hybridized carbons (Fsp3) is 0. The molecule has 9 heteroatoms. The van der Waals surface area contributed by atoms with E-state index in [4.69, 9.17) is 0 Å². The number of hydrogen-bond donors (Lipinski definition) is 0. The largest absolute Gasteiger partial charge is 0.309 e. The summed E-state index contributed by atoms with van der Waals surface area (Å²) in [5, 5.41) is 28.3. The summed E-state index contributed by atoms with van der Waals surface area (Å²) in [6, 6.07) is 182. The second-order valence-corrected chi connectivity index (χ2v) is 40.9. The van der Waals surface area contributed by atoms with Crippen molar-refractivity contribution in [1.82, 2.24) is 27.4 Å². The predicted octanol–water partition coefficient (Wildman–Crippen LogP) is 38.1. The van der Waals surface area contributed by atoms with E-state index < -0.39 is 0 Å². The summed E-state index contributed by atoms with van der Waals surface area (Å²) >= 11 is 5.64. The van der Waals surface area contributed by atoms with Crippen molar-refractivity contribution in [2.45, 2.75) is 0 Å². The molecular formula is C134H82N6S3. The highest BCUT2D eigenvalue weighted by atomic mass is 32.1. The number of nitrogens with zero attached hydrogens (tertiary/aromatic N) is 6. The van der Waals surface area contributed by atoms with Gasteiger partial charge in [0.15, 0.2) is 0 Å². The molecule has 0 aliphatic heterocycles. The highest BCUT2D eigenvalue weighted by Gasteiger charge is 2.28. The van der Waals surface area contributed by atoms with Crippen LogP contribution in [0.1, 0.15) is 0 Å². The molecule has 0 unspecified atom stereocenters. The number of fused-ring (bicyclic) bond motifs is 32. The maximum absolute atomic E-state index is 2.50. The number of rotatable bonds is 9. The van der Waals surface area contributed by atoms with Gasteiger partial charge in [-0.05, 0) is 231 Å². The lowest BCUT2D eigenvalue weighted by molar-refractivity contribution is 1.17. The van der Waals surface area contributed by atoms with E-state index in [-0.39, 0.29) is 0 Å². The Balaban J connectivity index is 0.000000100. The van der Waals surface area contributed by atoms with Gasteiger partial charge in [-0.25, -0.2) is 0 Å². The molecule has 0 saturated heterocycles. The Hall–Kier alpha value is -18.0. The highest BCUT2D eigenvalue weighted by molar-refractivity contribution is 7.27. The third kappa shape index (κ3) is 12.7. The monoisotopic (exact) mass is 1870 g/mol. The van der Waals surface area contributed by atoms with E-state index in [0.29, 0.717) is 0 Å². The van der Waals surface area contributed by atoms with Crippen LogP contribution in [-0.4, -0.2) is 27.4 Å². The van der Waals surface area contributed by atoms with Gasteiger partial charge in [-0.1, -0.05) is 322 Å². The maximum Gasteiger partial charge on any atom is 0.0634 e. The van der Waals surface area contributed by atoms with E-state index in [1.807, 2.05) is 34.0 Å². The number of aromatic nitrogens is 6. The van der Waals surface area contributed by atoms with E-state index in [2.05, 4.69) is 525 Å². The van der Waals surface area contributed by atoms with Crippen LogP contribution in [0.15, 0.2) is 497 Å². The molecule has 0 amide bonds. The molecule has 9 heterocycles. The normalized spacial score (nSPS) is 12.1. The second-order valence-electron chi connectivity index (χ2n) is 37.7. The van der Waals surface area contributed by atoms with Crippen LogP contribution >= 0.6 is 34.0 Å². The van der Waals surface area contributed by atoms with Gasteiger partial charge in [-0.3, -0.25) is 0 Å². The van der Waals surface area contributed by atoms with Crippen molar-refractivity contribution in [2.24, 2.45) is 0 Å². The Bertz CT molecular complexity index is 10900. The molecule has 32 rings (SSSR count). The zero-order valence-electron chi connectivity index (χ0n) is 77.3. The molecule has 0 spiro atoms. The lowest BCUT2D eigenvalue weighted by Crippen LogP contribution is -1.96. The molecule has 32 aromatic rings. The highest BCUT2D eigenvalue weighted by Crippen LogP contribution is 2.52. The van der Waals surface area contributed by atoms with Gasteiger partial charge in [0.25, 0.3) is 0 Å². The average molecular weight is 1870 g/mol. The number of para-hydroxylation sites is 6. The average Bonchev–Trinajstić information content (AvgIpc) is 1.55. The van der Waals surface area contributed by atoms with Crippen LogP contribution in [0.4, 0.5) is 0 Å². The van der Waals surface area contributed by atoms with E-state index in [1.165, 1.54) is 269 Å². The summed E-state index contributed by atoms with van der Waals surface area (Å²) in [7, 11) is 0. The first kappa shape index (κ1) is 81.1. The first-order chi connectivity index (χ1) is 70.9. The van der Waals surface area contributed by atoms with Crippen molar-refractivity contribution in [2.75, 3.05) is 0 Å². The van der Waals surface area contributed by atoms with Crippen molar-refractivity contribution in [3.05, 3.63) is 497 Å². The molecular weight excluding hydrogens is 1790 g/mol. The maximum atomic E-state index is 2.50. The molecule has 143 heavy (non-hydrogen) atoms. The van der Waals surface area contributed by atoms with Gasteiger partial charge in [0.05, 0.1) is 66.2 Å². The molecule has 6 nitrogen and oxygen atoms in total. The molecule has 0 atom stereocenters. The molecule has 0 bridgehead atoms. The van der Waals surface area contributed by atoms with E-state index in [9.17, 15) is 0 Å². The summed E-state index contributed by atoms with van der Waals surface area (Å²) < 4.78 is 22.7. The third-order valence-corrected chi connectivity index (χ3v) is 33.3. The van der Waals surface area contributed by atoms with Crippen LogP contribution in [0.3, 0.4) is 0 Å². The molecule has 0 saturated carbocycles. The molecule has 23 aromatic carbocycles. The summed E-state index contributed by atoms with van der Waals surface area (Å²) in [5.74, 6) is 0. The first-order valence-corrected chi connectivity index (χ1v) is 51.3. The Morgan fingerprint density at radius 2 is 0.385 bits per heavy atom. The van der Waals surface area contributed by atoms with Crippen molar-refractivity contribution < 1.29 is 0 Å². The SMILES string of the molecule is c1ccc(-c2cccc(-c3ccc(-n4c5ccccc5c5cc6c7ccc8sc9ccccc9c8c7n(-c7ccccc7)c6cc54)cc3)c2)cc1.c1ccc(-n2c3cc4c(cc3c3ccc5sc6ccccc6c5c32)c2ccccc2n4-c2ccc(-c3ccc4ccccc4c3)cc2)cc1.c1ccc(-n2c3cc4c(cc3c3ccc5sc6ccccc6c5c32)c2ccccc2n4-c2ccc3ccccc3c2)cc1. The minimum atomic E-state index is 1.15. The molecule has 0 aliphatic carbocycles. The Morgan fingerprint density at radius 1 is 0.119 bits per heavy atom. The molecule has 0 fully saturated rings. The Labute approximate surface area is 832 Å². The van der Waals surface area contributed by atoms with Crippen molar-refractivity contribution in [1.29, 1.82) is 0 Å². The van der Waals surface area contributed by atoms with Gasteiger partial charge in [0.1, 0.15) is 0 Å². The topological polar surface area (TPSA) is 29.6 Å². The molecule has 0 aliphatic rings. The first-order valence-electron chi connectivity index (χ1n) is 48.9. The van der Waals surface area contributed by atoms with Gasteiger partial charge in [-0.15, -0.1) is 34.0 Å². The van der Waals surface area contributed by atoms with Gasteiger partial charge in [0.2, 0.25) is 0 Å². The van der Waals surface area contributed by atoms with Crippen LogP contribution in [0, 0.1) is 0 Å². The van der Waals surface area contributed by atoms with Gasteiger partial charge < -0.3 is 27.4 Å². The van der Waals surface area contributed by atoms with E-state index >= 15 is 0 Å². The lowest BCUT2D eigenvalue weighted by atomic mass is 9.99. The van der Waals surface area contributed by atoms with Gasteiger partial charge >= 0.3 is 0 Å². The third-order valence-electron chi connectivity index (χ3n) is 29.9. The minimum absolute atomic E-state index is 1.15. The van der Waals surface area contributed by atoms with Gasteiger partial charge in [-0.2, -0.15) is 0 Å². The Kier molecular flexibility index (Phi) is 18.3. The quantitative estimate of drug-likeness (QED) is 0.138. The molecule has 0 N–H and O–H groups in total. The standard InChI is InChI=1S/C48H30N2S.C46H28N2S.C40H24N2S/c1-3-12-31(13-4-1)33-14-11-15-34(28-33)32-22-24-36(25-23-32)49-42-20-9-7-18-37(42)40-29-41-38-26-27-46-47(39-19-8-10-21-45(39)51-46)48(38)50(44(41)30-43(40)49)35-16-5-2-6-17-35;1-2-12-33(13-3-1)48-42-28-41-38(27-39(42)36-24-25-44-45(46(36)48)37-15-7-9-17-43(37)49-44)35-14-6-8-16-40(35)47(41)34-22-20-30(21-23-34)32-19-18-29-10-4-5-11-31(29)26-32;1-2-12-27(13-3-1)42-36-24-35-32(23-33(36)30-20-21-38-39(40(30)42)31-15-7-9-17-37(31)43-38)29-14-6-8-16-34(29)41(35)28-19-18-25-10-4-5-11-26(25)22-28/h1-30H;1-28H;1-24H. The van der Waals surface area contributed by atoms with E-state index in [0.717, 1.165) is 11.4 Å². The number of thiophene rings is 3. The van der Waals surface area contributed by atoms with Crippen LogP contribution in [0.5, 0.6) is 0 Å². The number of benzene rings is 23. The summed E-state index contributed by atoms with van der Waals surface area (Å²) in [4.78, 5) is 0.